The SMILES string of the molecule is COc1ccc(OC)c(-c2cc(C(=O)NCCOc3ccc4nnc(-c5ccccc5)n4n3)[nH]n2)c1. The average molecular weight is 486 g/mol. The number of nitrogens with zero attached hydrogens (tertiary/aromatic N) is 5. The maximum absolute atomic E-state index is 12.6. The van der Waals surface area contributed by atoms with Crippen LogP contribution in [0.4, 0.5) is 0 Å². The van der Waals surface area contributed by atoms with E-state index in [1.807, 2.05) is 30.3 Å². The van der Waals surface area contributed by atoms with E-state index in [4.69, 9.17) is 14.2 Å². The van der Waals surface area contributed by atoms with Crippen LogP contribution in [0.3, 0.4) is 0 Å². The molecule has 3 aromatic heterocycles. The van der Waals surface area contributed by atoms with Crippen LogP contribution in [0.5, 0.6) is 17.4 Å². The third-order valence-corrected chi connectivity index (χ3v) is 5.41. The molecule has 3 heterocycles. The van der Waals surface area contributed by atoms with Gasteiger partial charge in [-0.3, -0.25) is 9.89 Å². The van der Waals surface area contributed by atoms with Crippen molar-refractivity contribution in [1.29, 1.82) is 0 Å². The molecule has 0 radical (unpaired) electrons. The van der Waals surface area contributed by atoms with E-state index in [1.165, 1.54) is 0 Å². The summed E-state index contributed by atoms with van der Waals surface area (Å²) in [6, 6.07) is 20.2. The topological polar surface area (TPSA) is 129 Å². The molecule has 0 bridgehead atoms. The Morgan fingerprint density at radius 2 is 1.86 bits per heavy atom. The van der Waals surface area contributed by atoms with Crippen LogP contribution in [-0.2, 0) is 0 Å². The molecule has 5 rings (SSSR count). The monoisotopic (exact) mass is 485 g/mol. The summed E-state index contributed by atoms with van der Waals surface area (Å²) < 4.78 is 18.0. The molecule has 0 aliphatic carbocycles. The second-order valence-corrected chi connectivity index (χ2v) is 7.67. The molecular formula is C25H23N7O4. The number of H-pyrrole nitrogens is 1. The van der Waals surface area contributed by atoms with Crippen molar-refractivity contribution in [1.82, 2.24) is 35.3 Å². The predicted octanol–water partition coefficient (Wildman–Crippen LogP) is 3.01. The molecule has 36 heavy (non-hydrogen) atoms. The van der Waals surface area contributed by atoms with E-state index < -0.39 is 0 Å². The fourth-order valence-electron chi connectivity index (χ4n) is 3.62. The van der Waals surface area contributed by atoms with Crippen LogP contribution < -0.4 is 19.5 Å². The lowest BCUT2D eigenvalue weighted by Crippen LogP contribution is -2.28. The number of ether oxygens (including phenoxy) is 3. The van der Waals surface area contributed by atoms with Gasteiger partial charge < -0.3 is 19.5 Å². The van der Waals surface area contributed by atoms with Gasteiger partial charge in [0.2, 0.25) is 5.88 Å². The van der Waals surface area contributed by atoms with Crippen LogP contribution in [0, 0.1) is 0 Å². The highest BCUT2D eigenvalue weighted by Crippen LogP contribution is 2.32. The Morgan fingerprint density at radius 3 is 2.67 bits per heavy atom. The van der Waals surface area contributed by atoms with E-state index in [0.29, 0.717) is 45.8 Å². The van der Waals surface area contributed by atoms with Crippen LogP contribution in [0.15, 0.2) is 66.7 Å². The first-order valence-electron chi connectivity index (χ1n) is 11.1. The third kappa shape index (κ3) is 4.67. The minimum absolute atomic E-state index is 0.220. The summed E-state index contributed by atoms with van der Waals surface area (Å²) in [7, 11) is 3.16. The molecule has 5 aromatic rings. The van der Waals surface area contributed by atoms with Crippen LogP contribution >= 0.6 is 0 Å². The molecule has 0 aliphatic heterocycles. The van der Waals surface area contributed by atoms with E-state index in [-0.39, 0.29) is 19.1 Å². The van der Waals surface area contributed by atoms with Crippen molar-refractivity contribution >= 4 is 11.6 Å². The van der Waals surface area contributed by atoms with Crippen molar-refractivity contribution in [3.8, 4) is 40.0 Å². The molecule has 0 saturated carbocycles. The van der Waals surface area contributed by atoms with Gasteiger partial charge in [0.15, 0.2) is 11.5 Å². The number of hydrogen-bond acceptors (Lipinski definition) is 8. The van der Waals surface area contributed by atoms with Gasteiger partial charge in [-0.2, -0.15) is 9.61 Å². The molecule has 0 fully saturated rings. The molecule has 182 valence electrons. The van der Waals surface area contributed by atoms with Crippen molar-refractivity contribution < 1.29 is 19.0 Å². The van der Waals surface area contributed by atoms with E-state index in [2.05, 4.69) is 30.8 Å². The number of hydrogen-bond donors (Lipinski definition) is 2. The van der Waals surface area contributed by atoms with Gasteiger partial charge in [-0.25, -0.2) is 0 Å². The van der Waals surface area contributed by atoms with Crippen molar-refractivity contribution in [3.05, 3.63) is 72.4 Å². The van der Waals surface area contributed by atoms with E-state index in [9.17, 15) is 4.79 Å². The maximum Gasteiger partial charge on any atom is 0.269 e. The highest BCUT2D eigenvalue weighted by Gasteiger charge is 2.15. The van der Waals surface area contributed by atoms with Crippen LogP contribution in [0.1, 0.15) is 10.5 Å². The molecule has 1 amide bonds. The zero-order chi connectivity index (χ0) is 24.9. The smallest absolute Gasteiger partial charge is 0.269 e. The van der Waals surface area contributed by atoms with Gasteiger partial charge in [0.1, 0.15) is 23.8 Å². The van der Waals surface area contributed by atoms with Gasteiger partial charge >= 0.3 is 0 Å². The third-order valence-electron chi connectivity index (χ3n) is 5.41. The van der Waals surface area contributed by atoms with Crippen molar-refractivity contribution in [2.75, 3.05) is 27.4 Å². The second kappa shape index (κ2) is 10.1. The molecule has 0 saturated heterocycles. The van der Waals surface area contributed by atoms with E-state index in [0.717, 1.165) is 5.56 Å². The van der Waals surface area contributed by atoms with Gasteiger partial charge in [-0.05, 0) is 30.3 Å². The van der Waals surface area contributed by atoms with Crippen molar-refractivity contribution in [2.24, 2.45) is 0 Å². The number of nitrogens with one attached hydrogen (secondary N) is 2. The Hall–Kier alpha value is -4.93. The Kier molecular flexibility index (Phi) is 6.43. The number of carbonyl (C=O) groups is 1. The van der Waals surface area contributed by atoms with Gasteiger partial charge in [0, 0.05) is 17.2 Å². The Labute approximate surface area is 206 Å². The van der Waals surface area contributed by atoms with Gasteiger partial charge in [0.05, 0.1) is 26.5 Å². The lowest BCUT2D eigenvalue weighted by molar-refractivity contribution is 0.0941. The zero-order valence-corrected chi connectivity index (χ0v) is 19.6. The lowest BCUT2D eigenvalue weighted by Gasteiger charge is -2.08. The Morgan fingerprint density at radius 1 is 1.00 bits per heavy atom. The van der Waals surface area contributed by atoms with Crippen LogP contribution in [0.25, 0.3) is 28.3 Å². The number of benzene rings is 2. The van der Waals surface area contributed by atoms with Gasteiger partial charge in [-0.15, -0.1) is 15.3 Å². The minimum Gasteiger partial charge on any atom is -0.497 e. The van der Waals surface area contributed by atoms with Crippen molar-refractivity contribution in [2.45, 2.75) is 0 Å². The largest absolute Gasteiger partial charge is 0.497 e. The molecule has 11 heteroatoms. The summed E-state index contributed by atoms with van der Waals surface area (Å²) in [4.78, 5) is 12.6. The van der Waals surface area contributed by atoms with Gasteiger partial charge in [0.25, 0.3) is 5.91 Å². The summed E-state index contributed by atoms with van der Waals surface area (Å²) in [6.45, 7) is 0.487. The molecule has 0 aliphatic rings. The maximum atomic E-state index is 12.6. The normalized spacial score (nSPS) is 10.8. The number of amides is 1. The number of carbonyl (C=O) groups excluding carboxylic acids is 1. The summed E-state index contributed by atoms with van der Waals surface area (Å²) in [6.07, 6.45) is 0. The molecule has 11 nitrogen and oxygen atoms in total. The molecule has 2 aromatic carbocycles. The number of methoxy groups -OCH3 is 2. The quantitative estimate of drug-likeness (QED) is 0.305. The predicted molar refractivity (Wildman–Crippen MR) is 131 cm³/mol. The van der Waals surface area contributed by atoms with Gasteiger partial charge in [-0.1, -0.05) is 30.3 Å². The fourth-order valence-corrected chi connectivity index (χ4v) is 3.62. The first-order chi connectivity index (χ1) is 17.7. The second-order valence-electron chi connectivity index (χ2n) is 7.67. The minimum atomic E-state index is -0.312. The zero-order valence-electron chi connectivity index (χ0n) is 19.6. The standard InChI is InChI=1S/C25H23N7O4/c1-34-17-8-9-21(35-2)18(14-17)19-15-20(28-27-19)25(33)26-12-13-36-23-11-10-22-29-30-24(32(22)31-23)16-6-4-3-5-7-16/h3-11,14-15H,12-13H2,1-2H3,(H,26,33)(H,27,28). The fraction of sp³-hybridized carbons (Fsp3) is 0.160. The molecule has 2 N–H and O–H groups in total. The lowest BCUT2D eigenvalue weighted by atomic mass is 10.1. The molecule has 0 spiro atoms. The highest BCUT2D eigenvalue weighted by atomic mass is 16.5. The summed E-state index contributed by atoms with van der Waals surface area (Å²) in [5.74, 6) is 1.98. The van der Waals surface area contributed by atoms with Crippen LogP contribution in [-0.4, -0.2) is 63.3 Å². The molecular weight excluding hydrogens is 462 g/mol. The molecule has 0 unspecified atom stereocenters. The van der Waals surface area contributed by atoms with E-state index >= 15 is 0 Å². The summed E-state index contributed by atoms with van der Waals surface area (Å²) in [5.41, 5.74) is 3.09. The number of aromatic amines is 1. The van der Waals surface area contributed by atoms with E-state index in [1.54, 1.807) is 55.1 Å². The average Bonchev–Trinajstić information content (AvgIpc) is 3.59. The summed E-state index contributed by atoms with van der Waals surface area (Å²) >= 11 is 0. The highest BCUT2D eigenvalue weighted by molar-refractivity contribution is 5.93. The Balaban J connectivity index is 1.20. The summed E-state index contributed by atoms with van der Waals surface area (Å²) in [5, 5.41) is 22.7. The molecule has 0 atom stereocenters. The first kappa shape index (κ1) is 22.8. The number of rotatable bonds is 9. The Bertz CT molecular complexity index is 1500. The number of aromatic nitrogens is 6. The number of fused-ring (bicyclic) bond motifs is 1. The van der Waals surface area contributed by atoms with Crippen LogP contribution in [0.2, 0.25) is 0 Å². The van der Waals surface area contributed by atoms with Crippen molar-refractivity contribution in [3.63, 3.8) is 0 Å². The first-order valence-corrected chi connectivity index (χ1v) is 11.1.